The molecule has 23 heavy (non-hydrogen) atoms. The summed E-state index contributed by atoms with van der Waals surface area (Å²) in [5, 5.41) is 10.8. The minimum Gasteiger partial charge on any atom is -0.489 e. The van der Waals surface area contributed by atoms with Crippen molar-refractivity contribution < 1.29 is 23.9 Å². The van der Waals surface area contributed by atoms with Gasteiger partial charge in [0.25, 0.3) is 5.91 Å². The number of anilines is 1. The number of benzene rings is 2. The second-order valence-electron chi connectivity index (χ2n) is 4.70. The molecular formula is C16H15FN2O4. The summed E-state index contributed by atoms with van der Waals surface area (Å²) in [5.74, 6) is -1.11. The fourth-order valence-electron chi connectivity index (χ4n) is 1.82. The zero-order valence-corrected chi connectivity index (χ0v) is 12.1. The lowest BCUT2D eigenvalue weighted by molar-refractivity contribution is -0.132. The van der Waals surface area contributed by atoms with Crippen LogP contribution >= 0.6 is 0 Å². The standard InChI is InChI=1S/C16H15FN2O4/c17-12-3-1-2-11(8-12)10-23-14-6-4-13(5-7-14)18-15(20)9-16(21)19-22/h1-8,22H,9-10H2,(H,18,20)(H,19,21). The molecule has 0 saturated carbocycles. The van der Waals surface area contributed by atoms with Gasteiger partial charge in [-0.05, 0) is 42.0 Å². The average molecular weight is 318 g/mol. The van der Waals surface area contributed by atoms with Crippen molar-refractivity contribution >= 4 is 17.5 Å². The van der Waals surface area contributed by atoms with Gasteiger partial charge in [-0.3, -0.25) is 14.8 Å². The van der Waals surface area contributed by atoms with E-state index in [9.17, 15) is 14.0 Å². The molecule has 0 unspecified atom stereocenters. The predicted octanol–water partition coefficient (Wildman–Crippen LogP) is 2.24. The molecule has 0 heterocycles. The fourth-order valence-corrected chi connectivity index (χ4v) is 1.82. The van der Waals surface area contributed by atoms with Crippen LogP contribution < -0.4 is 15.5 Å². The van der Waals surface area contributed by atoms with E-state index in [4.69, 9.17) is 9.94 Å². The van der Waals surface area contributed by atoms with E-state index in [1.165, 1.54) is 17.6 Å². The molecule has 0 atom stereocenters. The SMILES string of the molecule is O=C(CC(=O)Nc1ccc(OCc2cccc(F)c2)cc1)NO. The van der Waals surface area contributed by atoms with Gasteiger partial charge in [0.05, 0.1) is 0 Å². The summed E-state index contributed by atoms with van der Waals surface area (Å²) in [6.07, 6.45) is -0.478. The Labute approximate surface area is 131 Å². The van der Waals surface area contributed by atoms with E-state index in [1.54, 1.807) is 36.4 Å². The van der Waals surface area contributed by atoms with E-state index < -0.39 is 18.2 Å². The molecule has 0 aliphatic carbocycles. The molecule has 0 bridgehead atoms. The van der Waals surface area contributed by atoms with Gasteiger partial charge in [0.1, 0.15) is 24.6 Å². The first kappa shape index (κ1) is 16.4. The highest BCUT2D eigenvalue weighted by Gasteiger charge is 2.08. The van der Waals surface area contributed by atoms with Gasteiger partial charge in [0.2, 0.25) is 5.91 Å². The van der Waals surface area contributed by atoms with Crippen molar-refractivity contribution in [2.75, 3.05) is 5.32 Å². The maximum Gasteiger partial charge on any atom is 0.252 e. The maximum atomic E-state index is 13.0. The second kappa shape index (κ2) is 7.90. The normalized spacial score (nSPS) is 10.0. The molecule has 2 amide bonds. The molecule has 0 spiro atoms. The molecule has 7 heteroatoms. The number of carbonyl (C=O) groups is 2. The van der Waals surface area contributed by atoms with Crippen molar-refractivity contribution in [2.24, 2.45) is 0 Å². The molecule has 2 aromatic rings. The van der Waals surface area contributed by atoms with Crippen LogP contribution in [0, 0.1) is 5.82 Å². The first-order chi connectivity index (χ1) is 11.1. The number of ether oxygens (including phenoxy) is 1. The van der Waals surface area contributed by atoms with E-state index in [0.29, 0.717) is 17.0 Å². The zero-order chi connectivity index (χ0) is 16.7. The highest BCUT2D eigenvalue weighted by Crippen LogP contribution is 2.17. The Morgan fingerprint density at radius 1 is 1.09 bits per heavy atom. The summed E-state index contributed by atoms with van der Waals surface area (Å²) in [6.45, 7) is 0.222. The summed E-state index contributed by atoms with van der Waals surface area (Å²) in [4.78, 5) is 22.3. The molecule has 3 N–H and O–H groups in total. The number of nitrogens with one attached hydrogen (secondary N) is 2. The topological polar surface area (TPSA) is 87.7 Å². The minimum absolute atomic E-state index is 0.222. The van der Waals surface area contributed by atoms with Crippen molar-refractivity contribution in [3.63, 3.8) is 0 Å². The number of carbonyl (C=O) groups excluding carboxylic acids is 2. The summed E-state index contributed by atoms with van der Waals surface area (Å²) < 4.78 is 18.6. The van der Waals surface area contributed by atoms with Crippen molar-refractivity contribution in [3.8, 4) is 5.75 Å². The molecule has 0 fully saturated rings. The quantitative estimate of drug-likeness (QED) is 0.433. The molecule has 6 nitrogen and oxygen atoms in total. The third-order valence-electron chi connectivity index (χ3n) is 2.88. The van der Waals surface area contributed by atoms with Gasteiger partial charge in [-0.25, -0.2) is 9.87 Å². The van der Waals surface area contributed by atoms with E-state index in [1.807, 2.05) is 0 Å². The lowest BCUT2D eigenvalue weighted by atomic mass is 10.2. The number of halogens is 1. The van der Waals surface area contributed by atoms with Gasteiger partial charge in [0, 0.05) is 5.69 Å². The van der Waals surface area contributed by atoms with Crippen LogP contribution in [0.4, 0.5) is 10.1 Å². The number of hydroxylamine groups is 1. The Morgan fingerprint density at radius 2 is 1.83 bits per heavy atom. The number of hydrogen-bond donors (Lipinski definition) is 3. The molecule has 0 saturated heterocycles. The molecule has 2 aromatic carbocycles. The van der Waals surface area contributed by atoms with Crippen LogP contribution in [0.25, 0.3) is 0 Å². The van der Waals surface area contributed by atoms with Crippen LogP contribution in [0.15, 0.2) is 48.5 Å². The number of amides is 2. The number of hydrogen-bond acceptors (Lipinski definition) is 4. The molecule has 2 rings (SSSR count). The van der Waals surface area contributed by atoms with E-state index in [2.05, 4.69) is 5.32 Å². The van der Waals surface area contributed by atoms with Crippen LogP contribution in [-0.4, -0.2) is 17.0 Å². The predicted molar refractivity (Wildman–Crippen MR) is 80.3 cm³/mol. The van der Waals surface area contributed by atoms with E-state index in [-0.39, 0.29) is 12.4 Å². The van der Waals surface area contributed by atoms with Gasteiger partial charge >= 0.3 is 0 Å². The van der Waals surface area contributed by atoms with Crippen molar-refractivity contribution in [1.82, 2.24) is 5.48 Å². The first-order valence-electron chi connectivity index (χ1n) is 6.77. The van der Waals surface area contributed by atoms with Crippen molar-refractivity contribution in [1.29, 1.82) is 0 Å². The maximum absolute atomic E-state index is 13.0. The third kappa shape index (κ3) is 5.40. The Morgan fingerprint density at radius 3 is 2.48 bits per heavy atom. The Kier molecular flexibility index (Phi) is 5.65. The largest absolute Gasteiger partial charge is 0.489 e. The Balaban J connectivity index is 1.87. The lowest BCUT2D eigenvalue weighted by Crippen LogP contribution is -2.25. The monoisotopic (exact) mass is 318 g/mol. The van der Waals surface area contributed by atoms with Crippen molar-refractivity contribution in [3.05, 3.63) is 59.9 Å². The summed E-state index contributed by atoms with van der Waals surface area (Å²) in [6, 6.07) is 12.6. The summed E-state index contributed by atoms with van der Waals surface area (Å²) in [7, 11) is 0. The number of rotatable bonds is 6. The Bertz CT molecular complexity index is 689. The molecular weight excluding hydrogens is 303 g/mol. The van der Waals surface area contributed by atoms with Crippen molar-refractivity contribution in [2.45, 2.75) is 13.0 Å². The fraction of sp³-hybridized carbons (Fsp3) is 0.125. The Hall–Kier alpha value is -2.93. The first-order valence-corrected chi connectivity index (χ1v) is 6.77. The average Bonchev–Trinajstić information content (AvgIpc) is 2.54. The van der Waals surface area contributed by atoms with Gasteiger partial charge in [-0.15, -0.1) is 0 Å². The second-order valence-corrected chi connectivity index (χ2v) is 4.70. The summed E-state index contributed by atoms with van der Waals surface area (Å²) >= 11 is 0. The lowest BCUT2D eigenvalue weighted by Gasteiger charge is -2.08. The molecule has 120 valence electrons. The van der Waals surface area contributed by atoms with Gasteiger partial charge in [-0.1, -0.05) is 12.1 Å². The van der Waals surface area contributed by atoms with Crippen LogP contribution in [0.3, 0.4) is 0 Å². The minimum atomic E-state index is -0.794. The zero-order valence-electron chi connectivity index (χ0n) is 12.1. The van der Waals surface area contributed by atoms with Crippen LogP contribution in [-0.2, 0) is 16.2 Å². The molecule has 0 aliphatic heterocycles. The van der Waals surface area contributed by atoms with Crippen LogP contribution in [0.5, 0.6) is 5.75 Å². The van der Waals surface area contributed by atoms with Gasteiger partial charge in [-0.2, -0.15) is 0 Å². The molecule has 0 radical (unpaired) electrons. The molecule has 0 aromatic heterocycles. The van der Waals surface area contributed by atoms with Crippen LogP contribution in [0.1, 0.15) is 12.0 Å². The van der Waals surface area contributed by atoms with E-state index >= 15 is 0 Å². The summed E-state index contributed by atoms with van der Waals surface area (Å²) in [5.41, 5.74) is 2.57. The smallest absolute Gasteiger partial charge is 0.252 e. The molecule has 0 aliphatic rings. The van der Waals surface area contributed by atoms with Crippen LogP contribution in [0.2, 0.25) is 0 Å². The van der Waals surface area contributed by atoms with Gasteiger partial charge in [0.15, 0.2) is 0 Å². The van der Waals surface area contributed by atoms with E-state index in [0.717, 1.165) is 0 Å². The highest BCUT2D eigenvalue weighted by atomic mass is 19.1. The highest BCUT2D eigenvalue weighted by molar-refractivity contribution is 6.03. The van der Waals surface area contributed by atoms with Gasteiger partial charge < -0.3 is 10.1 Å². The third-order valence-corrected chi connectivity index (χ3v) is 2.88.